The number of nitrogens with zero attached hydrogens (tertiary/aromatic N) is 4. The fourth-order valence-corrected chi connectivity index (χ4v) is 5.67. The molecule has 0 radical (unpaired) electrons. The molecule has 1 fully saturated rings. The van der Waals surface area contributed by atoms with E-state index in [-0.39, 0.29) is 18.0 Å². The smallest absolute Gasteiger partial charge is 0.255 e. The first-order chi connectivity index (χ1) is 15.7. The lowest BCUT2D eigenvalue weighted by Gasteiger charge is -2.14. The summed E-state index contributed by atoms with van der Waals surface area (Å²) in [5.74, 6) is 0. The molecule has 0 spiro atoms. The van der Waals surface area contributed by atoms with Crippen molar-refractivity contribution in [3.8, 4) is 16.1 Å². The predicted octanol–water partition coefficient (Wildman–Crippen LogP) is 5.59. The maximum atomic E-state index is 13.0. The standard InChI is InChI=1S/C26H24N4OS.ClH/c31-26-17-20(25-16-19-5-1-2-6-24(19)32-25)9-12-29(26)22-7-8-23-21(15-22)18-27-30(23)14-13-28-10-3-4-11-28;/h1-2,5-9,12,15-18H,3-4,10-11,13-14H2;1H. The van der Waals surface area contributed by atoms with Crippen molar-refractivity contribution < 1.29 is 0 Å². The van der Waals surface area contributed by atoms with Crippen LogP contribution in [0.3, 0.4) is 0 Å². The average molecular weight is 477 g/mol. The van der Waals surface area contributed by atoms with Gasteiger partial charge in [-0.15, -0.1) is 23.7 Å². The summed E-state index contributed by atoms with van der Waals surface area (Å²) in [6.45, 7) is 4.33. The van der Waals surface area contributed by atoms with Gasteiger partial charge in [0.15, 0.2) is 0 Å². The van der Waals surface area contributed by atoms with Crippen LogP contribution in [0.1, 0.15) is 12.8 Å². The third kappa shape index (κ3) is 4.22. The molecule has 7 heteroatoms. The molecule has 2 aromatic carbocycles. The molecule has 0 atom stereocenters. The maximum absolute atomic E-state index is 13.0. The highest BCUT2D eigenvalue weighted by Gasteiger charge is 2.13. The Morgan fingerprint density at radius 1 is 0.909 bits per heavy atom. The van der Waals surface area contributed by atoms with Crippen molar-refractivity contribution in [2.24, 2.45) is 0 Å². The van der Waals surface area contributed by atoms with Gasteiger partial charge in [0.25, 0.3) is 5.56 Å². The van der Waals surface area contributed by atoms with E-state index < -0.39 is 0 Å². The summed E-state index contributed by atoms with van der Waals surface area (Å²) in [4.78, 5) is 16.6. The summed E-state index contributed by atoms with van der Waals surface area (Å²) in [6, 6.07) is 20.4. The average Bonchev–Trinajstić information content (AvgIpc) is 3.56. The van der Waals surface area contributed by atoms with Crippen molar-refractivity contribution in [3.05, 3.63) is 83.4 Å². The number of hydrogen-bond donors (Lipinski definition) is 0. The number of likely N-dealkylation sites (tertiary alicyclic amines) is 1. The van der Waals surface area contributed by atoms with Crippen molar-refractivity contribution in [1.29, 1.82) is 0 Å². The van der Waals surface area contributed by atoms with Crippen molar-refractivity contribution in [3.63, 3.8) is 0 Å². The van der Waals surface area contributed by atoms with Crippen LogP contribution < -0.4 is 5.56 Å². The van der Waals surface area contributed by atoms with Crippen molar-refractivity contribution in [1.82, 2.24) is 19.2 Å². The zero-order valence-corrected chi connectivity index (χ0v) is 19.8. The second-order valence-corrected chi connectivity index (χ2v) is 9.52. The van der Waals surface area contributed by atoms with E-state index in [1.54, 1.807) is 22.0 Å². The topological polar surface area (TPSA) is 43.1 Å². The van der Waals surface area contributed by atoms with E-state index in [4.69, 9.17) is 0 Å². The molecule has 1 aliphatic rings. The third-order valence-corrected chi connectivity index (χ3v) is 7.53. The largest absolute Gasteiger partial charge is 0.301 e. The zero-order chi connectivity index (χ0) is 21.5. The third-order valence-electron chi connectivity index (χ3n) is 6.36. The van der Waals surface area contributed by atoms with Gasteiger partial charge in [-0.05, 0) is 73.3 Å². The minimum atomic E-state index is -0.0271. The maximum Gasteiger partial charge on any atom is 0.255 e. The Kier molecular flexibility index (Phi) is 6.06. The molecular formula is C26H25ClN4OS. The molecule has 0 bridgehead atoms. The van der Waals surface area contributed by atoms with E-state index in [0.717, 1.165) is 40.1 Å². The molecule has 5 nitrogen and oxygen atoms in total. The van der Waals surface area contributed by atoms with Crippen LogP contribution in [0, 0.1) is 0 Å². The van der Waals surface area contributed by atoms with Crippen LogP contribution in [0.15, 0.2) is 77.9 Å². The highest BCUT2D eigenvalue weighted by Crippen LogP contribution is 2.32. The van der Waals surface area contributed by atoms with Gasteiger partial charge in [0.2, 0.25) is 0 Å². The number of halogens is 1. The Hall–Kier alpha value is -2.93. The lowest BCUT2D eigenvalue weighted by Crippen LogP contribution is -2.24. The van der Waals surface area contributed by atoms with E-state index in [0.29, 0.717) is 0 Å². The van der Waals surface area contributed by atoms with Crippen molar-refractivity contribution in [2.75, 3.05) is 19.6 Å². The number of hydrogen-bond acceptors (Lipinski definition) is 4. The molecule has 1 aliphatic heterocycles. The molecule has 1 saturated heterocycles. The van der Waals surface area contributed by atoms with E-state index >= 15 is 0 Å². The molecule has 0 aliphatic carbocycles. The summed E-state index contributed by atoms with van der Waals surface area (Å²) < 4.78 is 5.02. The normalized spacial score (nSPS) is 14.2. The van der Waals surface area contributed by atoms with Crippen LogP contribution in [0.5, 0.6) is 0 Å². The van der Waals surface area contributed by atoms with Crippen molar-refractivity contribution in [2.45, 2.75) is 19.4 Å². The number of benzene rings is 2. The van der Waals surface area contributed by atoms with Gasteiger partial charge in [-0.2, -0.15) is 5.10 Å². The van der Waals surface area contributed by atoms with Gasteiger partial charge in [-0.25, -0.2) is 0 Å². The van der Waals surface area contributed by atoms with E-state index in [2.05, 4.69) is 45.0 Å². The summed E-state index contributed by atoms with van der Waals surface area (Å²) in [7, 11) is 0. The Bertz CT molecular complexity index is 1450. The van der Waals surface area contributed by atoms with Crippen LogP contribution in [0.25, 0.3) is 37.1 Å². The highest BCUT2D eigenvalue weighted by atomic mass is 35.5. The molecule has 3 aromatic heterocycles. The first-order valence-electron chi connectivity index (χ1n) is 11.1. The minimum absolute atomic E-state index is 0. The summed E-state index contributed by atoms with van der Waals surface area (Å²) in [5.41, 5.74) is 2.91. The van der Waals surface area contributed by atoms with Gasteiger partial charge in [0, 0.05) is 39.5 Å². The quantitative estimate of drug-likeness (QED) is 0.332. The second-order valence-electron chi connectivity index (χ2n) is 8.43. The summed E-state index contributed by atoms with van der Waals surface area (Å²) >= 11 is 1.72. The van der Waals surface area contributed by atoms with Crippen LogP contribution in [-0.4, -0.2) is 38.9 Å². The highest BCUT2D eigenvalue weighted by molar-refractivity contribution is 7.22. The van der Waals surface area contributed by atoms with Crippen molar-refractivity contribution >= 4 is 44.7 Å². The van der Waals surface area contributed by atoms with Crippen LogP contribution in [-0.2, 0) is 6.54 Å². The number of thiophene rings is 1. The molecule has 0 unspecified atom stereocenters. The lowest BCUT2D eigenvalue weighted by atomic mass is 10.2. The predicted molar refractivity (Wildman–Crippen MR) is 139 cm³/mol. The molecular weight excluding hydrogens is 452 g/mol. The first-order valence-corrected chi connectivity index (χ1v) is 12.0. The Labute approximate surface area is 202 Å². The SMILES string of the molecule is Cl.O=c1cc(-c2cc3ccccc3s2)ccn1-c1ccc2c(cnn2CCN2CCCC2)c1. The summed E-state index contributed by atoms with van der Waals surface area (Å²) in [6.07, 6.45) is 6.39. The van der Waals surface area contributed by atoms with E-state index in [1.807, 2.05) is 36.7 Å². The van der Waals surface area contributed by atoms with Crippen LogP contribution in [0.4, 0.5) is 0 Å². The molecule has 33 heavy (non-hydrogen) atoms. The number of aromatic nitrogens is 3. The molecule has 6 rings (SSSR count). The van der Waals surface area contributed by atoms with Gasteiger partial charge in [-0.3, -0.25) is 14.0 Å². The molecule has 5 aromatic rings. The Balaban J connectivity index is 0.00000228. The number of fused-ring (bicyclic) bond motifs is 2. The van der Waals surface area contributed by atoms with Gasteiger partial charge >= 0.3 is 0 Å². The number of pyridine rings is 1. The molecule has 0 amide bonds. The van der Waals surface area contributed by atoms with E-state index in [1.165, 1.54) is 36.0 Å². The number of rotatable bonds is 5. The van der Waals surface area contributed by atoms with E-state index in [9.17, 15) is 4.79 Å². The van der Waals surface area contributed by atoms with Gasteiger partial charge < -0.3 is 4.90 Å². The van der Waals surface area contributed by atoms with Crippen LogP contribution >= 0.6 is 23.7 Å². The van der Waals surface area contributed by atoms with Gasteiger partial charge in [0.05, 0.1) is 18.3 Å². The minimum Gasteiger partial charge on any atom is -0.301 e. The molecule has 0 N–H and O–H groups in total. The fraction of sp³-hybridized carbons (Fsp3) is 0.231. The monoisotopic (exact) mass is 476 g/mol. The van der Waals surface area contributed by atoms with Gasteiger partial charge in [0.1, 0.15) is 0 Å². The molecule has 0 saturated carbocycles. The Morgan fingerprint density at radius 3 is 2.58 bits per heavy atom. The molecule has 4 heterocycles. The zero-order valence-electron chi connectivity index (χ0n) is 18.2. The molecule has 168 valence electrons. The summed E-state index contributed by atoms with van der Waals surface area (Å²) in [5, 5.41) is 6.86. The lowest BCUT2D eigenvalue weighted by molar-refractivity contribution is 0.318. The Morgan fingerprint density at radius 2 is 1.76 bits per heavy atom. The fourth-order valence-electron chi connectivity index (χ4n) is 4.61. The van der Waals surface area contributed by atoms with Crippen LogP contribution in [0.2, 0.25) is 0 Å². The van der Waals surface area contributed by atoms with Gasteiger partial charge in [-0.1, -0.05) is 18.2 Å². The first kappa shape index (κ1) is 21.9. The second kappa shape index (κ2) is 9.14.